The van der Waals surface area contributed by atoms with Gasteiger partial charge >= 0.3 is 11.9 Å². The molecule has 0 radical (unpaired) electrons. The van der Waals surface area contributed by atoms with E-state index in [4.69, 9.17) is 15.7 Å². The van der Waals surface area contributed by atoms with Crippen molar-refractivity contribution in [3.05, 3.63) is 0 Å². The van der Waals surface area contributed by atoms with Gasteiger partial charge in [0.15, 0.2) is 0 Å². The Morgan fingerprint density at radius 1 is 1.12 bits per heavy atom. The first-order chi connectivity index (χ1) is 7.66. The Balaban J connectivity index is 3.21. The smallest absolute Gasteiger partial charge is 0.324 e. The Kier molecular flexibility index (Phi) is 9.64. The van der Waals surface area contributed by atoms with Gasteiger partial charge in [-0.15, -0.1) is 0 Å². The first kappa shape index (κ1) is 14.9. The van der Waals surface area contributed by atoms with Crippen LogP contribution in [-0.4, -0.2) is 30.1 Å². The lowest BCUT2D eigenvalue weighted by Crippen LogP contribution is -2.21. The molecule has 0 amide bonds. The zero-order valence-electron chi connectivity index (χ0n) is 9.41. The van der Waals surface area contributed by atoms with Crippen molar-refractivity contribution in [3.8, 4) is 0 Å². The third kappa shape index (κ3) is 10.9. The predicted molar refractivity (Wildman–Crippen MR) is 58.5 cm³/mol. The lowest BCUT2D eigenvalue weighted by Gasteiger charge is -2.04. The summed E-state index contributed by atoms with van der Waals surface area (Å²) in [5.41, 5.74) is 7.84. The zero-order chi connectivity index (χ0) is 12.2. The van der Waals surface area contributed by atoms with Crippen LogP contribution in [0.2, 0.25) is 0 Å². The maximum atomic E-state index is 11.1. The monoisotopic (exact) mass is 232 g/mol. The van der Waals surface area contributed by atoms with Crippen molar-refractivity contribution in [1.29, 1.82) is 0 Å². The SMILES string of the molecule is NCCCCNOC(=O)CCCCC(=O)O. The Labute approximate surface area is 95.1 Å². The molecule has 0 saturated heterocycles. The van der Waals surface area contributed by atoms with Crippen LogP contribution < -0.4 is 11.2 Å². The normalized spacial score (nSPS) is 10.1. The number of carboxylic acids is 1. The van der Waals surface area contributed by atoms with Gasteiger partial charge in [0.1, 0.15) is 0 Å². The number of hydrogen-bond donors (Lipinski definition) is 3. The van der Waals surface area contributed by atoms with Gasteiger partial charge < -0.3 is 15.7 Å². The van der Waals surface area contributed by atoms with E-state index in [9.17, 15) is 9.59 Å². The van der Waals surface area contributed by atoms with Crippen molar-refractivity contribution in [2.45, 2.75) is 38.5 Å². The molecule has 0 atom stereocenters. The molecule has 16 heavy (non-hydrogen) atoms. The van der Waals surface area contributed by atoms with Gasteiger partial charge in [-0.3, -0.25) is 9.59 Å². The van der Waals surface area contributed by atoms with Crippen LogP contribution in [0.5, 0.6) is 0 Å². The standard InChI is InChI=1S/C10H20N2O4/c11-7-3-4-8-12-16-10(15)6-2-1-5-9(13)14/h12H,1-8,11H2,(H,13,14). The third-order valence-corrected chi connectivity index (χ3v) is 1.94. The van der Waals surface area contributed by atoms with Crippen LogP contribution in [0.15, 0.2) is 0 Å². The highest BCUT2D eigenvalue weighted by atomic mass is 16.7. The Morgan fingerprint density at radius 3 is 2.44 bits per heavy atom. The van der Waals surface area contributed by atoms with Gasteiger partial charge in [0.2, 0.25) is 0 Å². The summed E-state index contributed by atoms with van der Waals surface area (Å²) >= 11 is 0. The van der Waals surface area contributed by atoms with Crippen molar-refractivity contribution >= 4 is 11.9 Å². The quantitative estimate of drug-likeness (QED) is 0.372. The molecular formula is C10H20N2O4. The highest BCUT2D eigenvalue weighted by Crippen LogP contribution is 2.00. The summed E-state index contributed by atoms with van der Waals surface area (Å²) in [6.45, 7) is 1.23. The third-order valence-electron chi connectivity index (χ3n) is 1.94. The van der Waals surface area contributed by atoms with Gasteiger partial charge in [-0.1, -0.05) is 0 Å². The number of carboxylic acid groups (broad SMARTS) is 1. The molecule has 0 aliphatic carbocycles. The number of nitrogens with two attached hydrogens (primary N) is 1. The molecule has 0 rings (SSSR count). The molecule has 0 unspecified atom stereocenters. The molecule has 0 fully saturated rings. The average molecular weight is 232 g/mol. The van der Waals surface area contributed by atoms with E-state index < -0.39 is 5.97 Å². The van der Waals surface area contributed by atoms with E-state index in [1.54, 1.807) is 0 Å². The van der Waals surface area contributed by atoms with Crippen molar-refractivity contribution in [1.82, 2.24) is 5.48 Å². The second kappa shape index (κ2) is 10.4. The fraction of sp³-hybridized carbons (Fsp3) is 0.800. The summed E-state index contributed by atoms with van der Waals surface area (Å²) in [5, 5.41) is 8.36. The minimum Gasteiger partial charge on any atom is -0.481 e. The lowest BCUT2D eigenvalue weighted by molar-refractivity contribution is -0.151. The first-order valence-corrected chi connectivity index (χ1v) is 5.51. The van der Waals surface area contributed by atoms with Gasteiger partial charge in [-0.2, -0.15) is 5.48 Å². The fourth-order valence-electron chi connectivity index (χ4n) is 1.07. The summed E-state index contributed by atoms with van der Waals surface area (Å²) in [4.78, 5) is 26.0. The maximum Gasteiger partial charge on any atom is 0.324 e. The Bertz CT molecular complexity index is 209. The van der Waals surface area contributed by atoms with Crippen LogP contribution in [0, 0.1) is 0 Å². The minimum atomic E-state index is -0.840. The van der Waals surface area contributed by atoms with Gasteiger partial charge in [0.25, 0.3) is 0 Å². The number of nitrogens with one attached hydrogen (secondary N) is 1. The van der Waals surface area contributed by atoms with Crippen molar-refractivity contribution < 1.29 is 19.5 Å². The molecule has 94 valence electrons. The summed E-state index contributed by atoms with van der Waals surface area (Å²) in [6, 6.07) is 0. The molecular weight excluding hydrogens is 212 g/mol. The highest BCUT2D eigenvalue weighted by molar-refractivity contribution is 5.69. The number of carbonyl (C=O) groups is 2. The van der Waals surface area contributed by atoms with Crippen LogP contribution >= 0.6 is 0 Å². The lowest BCUT2D eigenvalue weighted by atomic mass is 10.2. The largest absolute Gasteiger partial charge is 0.481 e. The average Bonchev–Trinajstić information content (AvgIpc) is 2.24. The van der Waals surface area contributed by atoms with E-state index in [0.29, 0.717) is 25.9 Å². The van der Waals surface area contributed by atoms with E-state index >= 15 is 0 Å². The molecule has 6 nitrogen and oxygen atoms in total. The molecule has 6 heteroatoms. The van der Waals surface area contributed by atoms with E-state index in [-0.39, 0.29) is 18.8 Å². The van der Waals surface area contributed by atoms with Crippen LogP contribution in [-0.2, 0) is 14.4 Å². The summed E-state index contributed by atoms with van der Waals surface area (Å²) in [5.74, 6) is -1.19. The summed E-state index contributed by atoms with van der Waals surface area (Å²) < 4.78 is 0. The topological polar surface area (TPSA) is 102 Å². The molecule has 0 saturated carbocycles. The molecule has 0 aromatic heterocycles. The molecule has 0 aromatic rings. The van der Waals surface area contributed by atoms with Gasteiger partial charge in [-0.05, 0) is 32.2 Å². The summed E-state index contributed by atoms with van der Waals surface area (Å²) in [7, 11) is 0. The van der Waals surface area contributed by atoms with Crippen molar-refractivity contribution in [2.75, 3.05) is 13.1 Å². The Hall–Kier alpha value is -1.14. The molecule has 4 N–H and O–H groups in total. The number of rotatable bonds is 10. The second-order valence-corrected chi connectivity index (χ2v) is 3.47. The minimum absolute atomic E-state index is 0.0945. The van der Waals surface area contributed by atoms with Crippen LogP contribution in [0.1, 0.15) is 38.5 Å². The number of hydrogen-bond acceptors (Lipinski definition) is 5. The maximum absolute atomic E-state index is 11.1. The summed E-state index contributed by atoms with van der Waals surface area (Å²) in [6.07, 6.45) is 3.13. The molecule has 0 spiro atoms. The number of carbonyl (C=O) groups excluding carboxylic acids is 1. The van der Waals surface area contributed by atoms with Crippen molar-refractivity contribution in [3.63, 3.8) is 0 Å². The highest BCUT2D eigenvalue weighted by Gasteiger charge is 2.03. The van der Waals surface area contributed by atoms with Gasteiger partial charge in [-0.25, -0.2) is 0 Å². The van der Waals surface area contributed by atoms with Gasteiger partial charge in [0, 0.05) is 19.4 Å². The second-order valence-electron chi connectivity index (χ2n) is 3.47. The van der Waals surface area contributed by atoms with Crippen LogP contribution in [0.4, 0.5) is 0 Å². The molecule has 0 heterocycles. The van der Waals surface area contributed by atoms with E-state index in [1.807, 2.05) is 0 Å². The van der Waals surface area contributed by atoms with Crippen LogP contribution in [0.25, 0.3) is 0 Å². The van der Waals surface area contributed by atoms with E-state index in [0.717, 1.165) is 12.8 Å². The zero-order valence-corrected chi connectivity index (χ0v) is 9.41. The fourth-order valence-corrected chi connectivity index (χ4v) is 1.07. The number of aliphatic carboxylic acids is 1. The molecule has 0 aliphatic heterocycles. The van der Waals surface area contributed by atoms with E-state index in [1.165, 1.54) is 0 Å². The molecule has 0 aliphatic rings. The Morgan fingerprint density at radius 2 is 1.81 bits per heavy atom. The number of hydroxylamine groups is 1. The van der Waals surface area contributed by atoms with Gasteiger partial charge in [0.05, 0.1) is 0 Å². The predicted octanol–water partition coefficient (Wildman–Crippen LogP) is 0.418. The number of unbranched alkanes of at least 4 members (excludes halogenated alkanes) is 2. The first-order valence-electron chi connectivity index (χ1n) is 5.51. The molecule has 0 bridgehead atoms. The van der Waals surface area contributed by atoms with E-state index in [2.05, 4.69) is 5.48 Å². The van der Waals surface area contributed by atoms with Crippen LogP contribution in [0.3, 0.4) is 0 Å². The molecule has 0 aromatic carbocycles. The van der Waals surface area contributed by atoms with Crippen molar-refractivity contribution in [2.24, 2.45) is 5.73 Å².